The van der Waals surface area contributed by atoms with Crippen LogP contribution in [0, 0.1) is 0 Å². The summed E-state index contributed by atoms with van der Waals surface area (Å²) in [7, 11) is 0. The van der Waals surface area contributed by atoms with E-state index in [1.807, 2.05) is 12.1 Å². The van der Waals surface area contributed by atoms with Crippen LogP contribution >= 0.6 is 0 Å². The molecule has 0 saturated carbocycles. The van der Waals surface area contributed by atoms with Crippen LogP contribution in [0.5, 0.6) is 11.5 Å². The van der Waals surface area contributed by atoms with Crippen LogP contribution in [0.2, 0.25) is 0 Å². The molecule has 4 rings (SSSR count). The van der Waals surface area contributed by atoms with Crippen molar-refractivity contribution in [3.05, 3.63) is 53.1 Å². The number of benzene rings is 2. The van der Waals surface area contributed by atoms with Gasteiger partial charge in [0.2, 0.25) is 13.0 Å². The van der Waals surface area contributed by atoms with Crippen LogP contribution in [0.4, 0.5) is 5.69 Å². The molecule has 0 unspecified atom stereocenters. The maximum Gasteiger partial charge on any atom is 0.340 e. The maximum absolute atomic E-state index is 11.9. The molecule has 2 aliphatic rings. The Morgan fingerprint density at radius 2 is 1.91 bits per heavy atom. The van der Waals surface area contributed by atoms with Crippen LogP contribution in [0.3, 0.4) is 0 Å². The fourth-order valence-corrected chi connectivity index (χ4v) is 2.75. The minimum atomic E-state index is -0.642. The van der Waals surface area contributed by atoms with Gasteiger partial charge in [0.05, 0.1) is 11.3 Å². The smallest absolute Gasteiger partial charge is 0.340 e. The number of ether oxygens (including phenoxy) is 3. The second-order valence-electron chi connectivity index (χ2n) is 5.32. The van der Waals surface area contributed by atoms with Crippen molar-refractivity contribution in [2.24, 2.45) is 0 Å². The van der Waals surface area contributed by atoms with E-state index in [9.17, 15) is 9.59 Å². The zero-order valence-corrected chi connectivity index (χ0v) is 12.3. The fourth-order valence-electron chi connectivity index (χ4n) is 2.75. The summed E-state index contributed by atoms with van der Waals surface area (Å²) in [5, 5.41) is 3.11. The van der Waals surface area contributed by atoms with Gasteiger partial charge < -0.3 is 19.5 Å². The molecule has 6 heteroatoms. The SMILES string of the molecule is CC(=O)c1cc2c(cc1N[C@@H]1OC(=O)c3ccccc31)OCO2. The van der Waals surface area contributed by atoms with E-state index in [1.54, 1.807) is 24.3 Å². The normalized spacial score (nSPS) is 17.6. The molecule has 2 aromatic rings. The molecule has 0 fully saturated rings. The first-order valence-corrected chi connectivity index (χ1v) is 7.14. The highest BCUT2D eigenvalue weighted by Gasteiger charge is 2.31. The minimum Gasteiger partial charge on any atom is -0.454 e. The van der Waals surface area contributed by atoms with Gasteiger partial charge in [-0.3, -0.25) is 4.79 Å². The first kappa shape index (κ1) is 13.6. The highest BCUT2D eigenvalue weighted by Crippen LogP contribution is 2.39. The molecule has 1 N–H and O–H groups in total. The van der Waals surface area contributed by atoms with Gasteiger partial charge in [0, 0.05) is 17.2 Å². The lowest BCUT2D eigenvalue weighted by Gasteiger charge is -2.17. The van der Waals surface area contributed by atoms with Gasteiger partial charge in [-0.1, -0.05) is 18.2 Å². The average Bonchev–Trinajstić information content (AvgIpc) is 3.12. The third-order valence-electron chi connectivity index (χ3n) is 3.87. The fraction of sp³-hybridized carbons (Fsp3) is 0.176. The van der Waals surface area contributed by atoms with Crippen molar-refractivity contribution in [2.45, 2.75) is 13.2 Å². The Bertz CT molecular complexity index is 830. The van der Waals surface area contributed by atoms with Gasteiger partial charge in [-0.15, -0.1) is 0 Å². The lowest BCUT2D eigenvalue weighted by atomic mass is 10.1. The number of carbonyl (C=O) groups is 2. The summed E-state index contributed by atoms with van der Waals surface area (Å²) in [6.07, 6.45) is -0.642. The van der Waals surface area contributed by atoms with Crippen molar-refractivity contribution in [1.82, 2.24) is 0 Å². The van der Waals surface area contributed by atoms with Gasteiger partial charge in [-0.25, -0.2) is 4.79 Å². The molecular formula is C17H13NO5. The summed E-state index contributed by atoms with van der Waals surface area (Å²) in [5.74, 6) is 0.575. The molecule has 23 heavy (non-hydrogen) atoms. The molecule has 0 amide bonds. The topological polar surface area (TPSA) is 73.9 Å². The molecule has 2 aromatic carbocycles. The third-order valence-corrected chi connectivity index (χ3v) is 3.87. The molecule has 116 valence electrons. The number of anilines is 1. The lowest BCUT2D eigenvalue weighted by Crippen LogP contribution is -2.13. The Labute approximate surface area is 132 Å². The van der Waals surface area contributed by atoms with Gasteiger partial charge in [-0.2, -0.15) is 0 Å². The monoisotopic (exact) mass is 311 g/mol. The van der Waals surface area contributed by atoms with Gasteiger partial charge >= 0.3 is 5.97 Å². The van der Waals surface area contributed by atoms with Crippen LogP contribution in [0.25, 0.3) is 0 Å². The average molecular weight is 311 g/mol. The zero-order valence-electron chi connectivity index (χ0n) is 12.3. The quantitative estimate of drug-likeness (QED) is 0.694. The summed E-state index contributed by atoms with van der Waals surface area (Å²) in [6.45, 7) is 1.59. The van der Waals surface area contributed by atoms with Gasteiger partial charge in [0.15, 0.2) is 17.3 Å². The first-order valence-electron chi connectivity index (χ1n) is 7.14. The van der Waals surface area contributed by atoms with Crippen LogP contribution in [0.15, 0.2) is 36.4 Å². The van der Waals surface area contributed by atoms with Gasteiger partial charge in [-0.05, 0) is 19.1 Å². The number of hydrogen-bond acceptors (Lipinski definition) is 6. The van der Waals surface area contributed by atoms with Crippen molar-refractivity contribution in [2.75, 3.05) is 12.1 Å². The van der Waals surface area contributed by atoms with Crippen molar-refractivity contribution in [1.29, 1.82) is 0 Å². The Morgan fingerprint density at radius 3 is 2.70 bits per heavy atom. The third kappa shape index (κ3) is 2.19. The number of nitrogens with one attached hydrogen (secondary N) is 1. The van der Waals surface area contributed by atoms with E-state index in [4.69, 9.17) is 14.2 Å². The molecular weight excluding hydrogens is 298 g/mol. The maximum atomic E-state index is 11.9. The Kier molecular flexibility index (Phi) is 2.97. The standard InChI is InChI=1S/C17H13NO5/c1-9(19)12-6-14-15(22-8-21-14)7-13(12)18-16-10-4-2-3-5-11(10)17(20)23-16/h2-7,16,18H,8H2,1H3/t16-/m1/s1. The molecule has 0 saturated heterocycles. The summed E-state index contributed by atoms with van der Waals surface area (Å²) in [6, 6.07) is 10.5. The predicted molar refractivity (Wildman–Crippen MR) is 80.8 cm³/mol. The summed E-state index contributed by atoms with van der Waals surface area (Å²) >= 11 is 0. The number of Topliss-reactive ketones (excluding diaryl/α,β-unsaturated/α-hetero) is 1. The highest BCUT2D eigenvalue weighted by molar-refractivity contribution is 6.01. The number of ketones is 1. The van der Waals surface area contributed by atoms with E-state index in [2.05, 4.69) is 5.32 Å². The Morgan fingerprint density at radius 1 is 1.17 bits per heavy atom. The molecule has 2 heterocycles. The van der Waals surface area contributed by atoms with Crippen molar-refractivity contribution >= 4 is 17.4 Å². The molecule has 6 nitrogen and oxygen atoms in total. The molecule has 0 aromatic heterocycles. The second-order valence-corrected chi connectivity index (χ2v) is 5.32. The van der Waals surface area contributed by atoms with E-state index in [0.717, 1.165) is 5.56 Å². The molecule has 0 aliphatic carbocycles. The van der Waals surface area contributed by atoms with Crippen molar-refractivity contribution in [3.63, 3.8) is 0 Å². The number of hydrogen-bond donors (Lipinski definition) is 1. The summed E-state index contributed by atoms with van der Waals surface area (Å²) in [5.41, 5.74) is 2.26. The van der Waals surface area contributed by atoms with E-state index in [1.165, 1.54) is 6.92 Å². The van der Waals surface area contributed by atoms with Crippen LogP contribution in [-0.4, -0.2) is 18.5 Å². The summed E-state index contributed by atoms with van der Waals surface area (Å²) < 4.78 is 16.0. The lowest BCUT2D eigenvalue weighted by molar-refractivity contribution is 0.0437. The van der Waals surface area contributed by atoms with E-state index in [-0.39, 0.29) is 18.5 Å². The molecule has 0 spiro atoms. The predicted octanol–water partition coefficient (Wildman–Crippen LogP) is 2.90. The Hall–Kier alpha value is -3.02. The van der Waals surface area contributed by atoms with E-state index >= 15 is 0 Å². The number of esters is 1. The molecule has 0 radical (unpaired) electrons. The summed E-state index contributed by atoms with van der Waals surface area (Å²) in [4.78, 5) is 23.8. The second kappa shape index (κ2) is 5.01. The largest absolute Gasteiger partial charge is 0.454 e. The number of carbonyl (C=O) groups excluding carboxylic acids is 2. The zero-order chi connectivity index (χ0) is 16.0. The first-order chi connectivity index (χ1) is 11.1. The number of cyclic esters (lactones) is 1. The van der Waals surface area contributed by atoms with Crippen molar-refractivity contribution in [3.8, 4) is 11.5 Å². The van der Waals surface area contributed by atoms with Crippen LogP contribution in [-0.2, 0) is 4.74 Å². The molecule has 1 atom stereocenters. The van der Waals surface area contributed by atoms with Crippen molar-refractivity contribution < 1.29 is 23.8 Å². The van der Waals surface area contributed by atoms with Crippen LogP contribution < -0.4 is 14.8 Å². The van der Waals surface area contributed by atoms with E-state index < -0.39 is 6.23 Å². The Balaban J connectivity index is 1.73. The molecule has 2 aliphatic heterocycles. The van der Waals surface area contributed by atoms with Crippen LogP contribution in [0.1, 0.15) is 39.4 Å². The number of fused-ring (bicyclic) bond motifs is 2. The van der Waals surface area contributed by atoms with E-state index in [0.29, 0.717) is 28.3 Å². The van der Waals surface area contributed by atoms with Gasteiger partial charge in [0.25, 0.3) is 0 Å². The minimum absolute atomic E-state index is 0.122. The van der Waals surface area contributed by atoms with Gasteiger partial charge in [0.1, 0.15) is 0 Å². The number of rotatable bonds is 3. The highest BCUT2D eigenvalue weighted by atomic mass is 16.7. The molecule has 0 bridgehead atoms.